The fourth-order valence-electron chi connectivity index (χ4n) is 3.46. The minimum atomic E-state index is -0.501. The average molecular weight is 447 g/mol. The van der Waals surface area contributed by atoms with Crippen LogP contribution in [0.5, 0.6) is 0 Å². The lowest BCUT2D eigenvalue weighted by molar-refractivity contribution is -0.128. The summed E-state index contributed by atoms with van der Waals surface area (Å²) in [5.41, 5.74) is 2.25. The normalized spacial score (nSPS) is 14.9. The Kier molecular flexibility index (Phi) is 7.40. The Balaban J connectivity index is 1.49. The molecule has 0 unspecified atom stereocenters. The summed E-state index contributed by atoms with van der Waals surface area (Å²) in [4.78, 5) is 26.4. The Hall–Kier alpha value is -2.50. The second kappa shape index (κ2) is 10.0. The molecule has 0 fully saturated rings. The maximum Gasteiger partial charge on any atom is 0.289 e. The quantitative estimate of drug-likeness (QED) is 0.586. The van der Waals surface area contributed by atoms with Gasteiger partial charge in [-0.05, 0) is 42.0 Å². The Morgan fingerprint density at radius 2 is 1.90 bits per heavy atom. The number of hydrogen-bond acceptors (Lipinski definition) is 3. The summed E-state index contributed by atoms with van der Waals surface area (Å²) >= 11 is 11.9. The van der Waals surface area contributed by atoms with Gasteiger partial charge in [-0.1, -0.05) is 66.5 Å². The van der Waals surface area contributed by atoms with Crippen molar-refractivity contribution in [1.29, 1.82) is 0 Å². The fourth-order valence-corrected chi connectivity index (χ4v) is 3.78. The highest BCUT2D eigenvalue weighted by Crippen LogP contribution is 2.24. The van der Waals surface area contributed by atoms with Crippen LogP contribution in [-0.2, 0) is 16.0 Å². The van der Waals surface area contributed by atoms with Crippen molar-refractivity contribution in [1.82, 2.24) is 10.2 Å². The number of hydrogen-bond donors (Lipinski definition) is 2. The second-order valence-corrected chi connectivity index (χ2v) is 8.25. The molecule has 30 heavy (non-hydrogen) atoms. The fraction of sp³-hybridized carbons (Fsp3) is 0.304. The highest BCUT2D eigenvalue weighted by atomic mass is 35.5. The maximum atomic E-state index is 12.5. The minimum Gasteiger partial charge on any atom is -0.503 e. The van der Waals surface area contributed by atoms with Crippen molar-refractivity contribution in [2.24, 2.45) is 0 Å². The van der Waals surface area contributed by atoms with E-state index in [9.17, 15) is 14.7 Å². The molecule has 7 heteroatoms. The van der Waals surface area contributed by atoms with Crippen LogP contribution < -0.4 is 5.32 Å². The molecule has 0 aromatic heterocycles. The zero-order chi connectivity index (χ0) is 21.7. The van der Waals surface area contributed by atoms with E-state index in [-0.39, 0.29) is 18.0 Å². The second-order valence-electron chi connectivity index (χ2n) is 7.43. The van der Waals surface area contributed by atoms with E-state index in [0.717, 1.165) is 17.5 Å². The number of nitrogens with one attached hydrogen (secondary N) is 1. The van der Waals surface area contributed by atoms with Crippen molar-refractivity contribution in [2.75, 3.05) is 19.6 Å². The number of carbonyl (C=O) groups excluding carboxylic acids is 2. The van der Waals surface area contributed by atoms with Crippen LogP contribution in [0.2, 0.25) is 10.0 Å². The summed E-state index contributed by atoms with van der Waals surface area (Å²) in [5, 5.41) is 14.0. The summed E-state index contributed by atoms with van der Waals surface area (Å²) in [6, 6.07) is 15.3. The van der Waals surface area contributed by atoms with Crippen molar-refractivity contribution < 1.29 is 14.7 Å². The summed E-state index contributed by atoms with van der Waals surface area (Å²) in [6.45, 7) is 2.98. The Morgan fingerprint density at radius 3 is 2.60 bits per heavy atom. The summed E-state index contributed by atoms with van der Waals surface area (Å²) in [6.07, 6.45) is 1.42. The van der Waals surface area contributed by atoms with Gasteiger partial charge in [0.2, 0.25) is 0 Å². The molecular weight excluding hydrogens is 423 g/mol. The molecule has 1 aliphatic heterocycles. The molecule has 1 heterocycles. The van der Waals surface area contributed by atoms with Crippen molar-refractivity contribution in [3.63, 3.8) is 0 Å². The molecule has 0 radical (unpaired) electrons. The predicted octanol–water partition coefficient (Wildman–Crippen LogP) is 4.50. The predicted molar refractivity (Wildman–Crippen MR) is 119 cm³/mol. The van der Waals surface area contributed by atoms with Crippen LogP contribution in [0.1, 0.15) is 30.4 Å². The molecule has 2 amide bonds. The molecule has 2 aromatic rings. The van der Waals surface area contributed by atoms with Crippen LogP contribution in [0.4, 0.5) is 0 Å². The van der Waals surface area contributed by atoms with E-state index in [1.807, 2.05) is 49.4 Å². The highest BCUT2D eigenvalue weighted by Gasteiger charge is 2.34. The van der Waals surface area contributed by atoms with E-state index in [4.69, 9.17) is 23.2 Å². The van der Waals surface area contributed by atoms with Crippen LogP contribution >= 0.6 is 23.2 Å². The van der Waals surface area contributed by atoms with E-state index in [1.165, 1.54) is 4.90 Å². The summed E-state index contributed by atoms with van der Waals surface area (Å²) in [7, 11) is 0. The van der Waals surface area contributed by atoms with Gasteiger partial charge < -0.3 is 15.3 Å². The molecule has 5 nitrogen and oxygen atoms in total. The molecule has 0 saturated carbocycles. The van der Waals surface area contributed by atoms with Gasteiger partial charge in [0.05, 0.1) is 22.2 Å². The number of aliphatic hydroxyl groups excluding tert-OH is 1. The zero-order valence-electron chi connectivity index (χ0n) is 16.7. The van der Waals surface area contributed by atoms with Crippen molar-refractivity contribution in [2.45, 2.75) is 25.7 Å². The first-order chi connectivity index (χ1) is 14.4. The van der Waals surface area contributed by atoms with Crippen molar-refractivity contribution >= 4 is 35.0 Å². The molecule has 3 rings (SSSR count). The lowest BCUT2D eigenvalue weighted by atomic mass is 10.0. The maximum absolute atomic E-state index is 12.5. The topological polar surface area (TPSA) is 69.6 Å². The minimum absolute atomic E-state index is 0.0940. The van der Waals surface area contributed by atoms with Gasteiger partial charge in [0.1, 0.15) is 0 Å². The number of carbonyl (C=O) groups is 2. The van der Waals surface area contributed by atoms with Crippen LogP contribution in [0.25, 0.3) is 0 Å². The van der Waals surface area contributed by atoms with Crippen LogP contribution in [0.3, 0.4) is 0 Å². The van der Waals surface area contributed by atoms with Gasteiger partial charge >= 0.3 is 0 Å². The van der Waals surface area contributed by atoms with E-state index in [1.54, 1.807) is 6.07 Å². The van der Waals surface area contributed by atoms with Crippen molar-refractivity contribution in [3.05, 3.63) is 81.0 Å². The van der Waals surface area contributed by atoms with Crippen LogP contribution in [0, 0.1) is 0 Å². The molecule has 0 saturated heterocycles. The zero-order valence-corrected chi connectivity index (χ0v) is 18.2. The SMILES string of the molecule is C[C@H](CN1CC(C(=O)NCCCc2ccc(Cl)c(Cl)c2)=C(O)C1=O)c1ccccc1. The Labute approximate surface area is 186 Å². The number of nitrogens with zero attached hydrogens (tertiary/aromatic N) is 1. The molecule has 0 bridgehead atoms. The summed E-state index contributed by atoms with van der Waals surface area (Å²) in [5.74, 6) is -1.28. The lowest BCUT2D eigenvalue weighted by Gasteiger charge is -2.21. The number of amides is 2. The first-order valence-electron chi connectivity index (χ1n) is 9.85. The summed E-state index contributed by atoms with van der Waals surface area (Å²) < 4.78 is 0. The van der Waals surface area contributed by atoms with Crippen molar-refractivity contribution in [3.8, 4) is 0 Å². The van der Waals surface area contributed by atoms with Crippen LogP contribution in [0.15, 0.2) is 59.9 Å². The van der Waals surface area contributed by atoms with Gasteiger partial charge in [0.15, 0.2) is 5.76 Å². The third-order valence-corrected chi connectivity index (χ3v) is 5.91. The number of benzene rings is 2. The average Bonchev–Trinajstić information content (AvgIpc) is 3.02. The van der Waals surface area contributed by atoms with Gasteiger partial charge in [0.25, 0.3) is 11.8 Å². The first-order valence-corrected chi connectivity index (χ1v) is 10.6. The van der Waals surface area contributed by atoms with Gasteiger partial charge in [-0.25, -0.2) is 0 Å². The molecule has 1 aliphatic rings. The molecule has 2 N–H and O–H groups in total. The van der Waals surface area contributed by atoms with Crippen LogP contribution in [-0.4, -0.2) is 41.5 Å². The van der Waals surface area contributed by atoms with E-state index in [2.05, 4.69) is 5.32 Å². The van der Waals surface area contributed by atoms with Gasteiger partial charge in [0, 0.05) is 13.1 Å². The largest absolute Gasteiger partial charge is 0.503 e. The van der Waals surface area contributed by atoms with Gasteiger partial charge in [-0.3, -0.25) is 9.59 Å². The number of rotatable bonds is 8. The van der Waals surface area contributed by atoms with Gasteiger partial charge in [-0.15, -0.1) is 0 Å². The molecule has 2 aromatic carbocycles. The first kappa shape index (κ1) is 22.2. The lowest BCUT2D eigenvalue weighted by Crippen LogP contribution is -2.33. The third-order valence-electron chi connectivity index (χ3n) is 5.17. The molecule has 158 valence electrons. The highest BCUT2D eigenvalue weighted by molar-refractivity contribution is 6.42. The third kappa shape index (κ3) is 5.35. The number of halogens is 2. The monoisotopic (exact) mass is 446 g/mol. The smallest absolute Gasteiger partial charge is 0.289 e. The molecular formula is C23H24Cl2N2O3. The standard InChI is InChI=1S/C23H24Cl2N2O3/c1-15(17-7-3-2-4-8-17)13-27-14-18(21(28)23(27)30)22(29)26-11-5-6-16-9-10-19(24)20(25)12-16/h2-4,7-10,12,15,28H,5-6,11,13-14H2,1H3,(H,26,29)/t15-/m1/s1. The van der Waals surface area contributed by atoms with E-state index in [0.29, 0.717) is 29.6 Å². The van der Waals surface area contributed by atoms with E-state index < -0.39 is 17.6 Å². The molecule has 1 atom stereocenters. The Bertz CT molecular complexity index is 960. The number of aliphatic hydroxyl groups is 1. The number of aryl methyl sites for hydroxylation is 1. The van der Waals surface area contributed by atoms with E-state index >= 15 is 0 Å². The Morgan fingerprint density at radius 1 is 1.17 bits per heavy atom. The van der Waals surface area contributed by atoms with Gasteiger partial charge in [-0.2, -0.15) is 0 Å². The molecule has 0 aliphatic carbocycles. The molecule has 0 spiro atoms.